The third kappa shape index (κ3) is 3.40. The molecule has 1 amide bonds. The van der Waals surface area contributed by atoms with Gasteiger partial charge in [0.25, 0.3) is 0 Å². The van der Waals surface area contributed by atoms with Crippen LogP contribution < -0.4 is 14.8 Å². The molecule has 130 valence electrons. The van der Waals surface area contributed by atoms with Crippen LogP contribution in [0.3, 0.4) is 0 Å². The predicted molar refractivity (Wildman–Crippen MR) is 95.8 cm³/mol. The van der Waals surface area contributed by atoms with Crippen LogP contribution in [0.25, 0.3) is 0 Å². The molecule has 2 heterocycles. The second kappa shape index (κ2) is 7.05. The summed E-state index contributed by atoms with van der Waals surface area (Å²) in [5.41, 5.74) is 1.82. The van der Waals surface area contributed by atoms with Gasteiger partial charge in [0.1, 0.15) is 6.04 Å². The Balaban J connectivity index is 1.60. The van der Waals surface area contributed by atoms with Gasteiger partial charge in [-0.15, -0.1) is 0 Å². The number of fused-ring (bicyclic) bond motifs is 1. The summed E-state index contributed by atoms with van der Waals surface area (Å²) in [6.45, 7) is 1.92. The lowest BCUT2D eigenvalue weighted by atomic mass is 10.0. The maximum absolute atomic E-state index is 13.1. The van der Waals surface area contributed by atoms with Crippen LogP contribution in [0.15, 0.2) is 48.5 Å². The fourth-order valence-electron chi connectivity index (χ4n) is 3.38. The molecule has 25 heavy (non-hydrogen) atoms. The van der Waals surface area contributed by atoms with Gasteiger partial charge in [0.05, 0.1) is 0 Å². The highest BCUT2D eigenvalue weighted by Gasteiger charge is 2.27. The van der Waals surface area contributed by atoms with Crippen LogP contribution in [0.1, 0.15) is 30.9 Å². The number of nitrogens with zero attached hydrogens (tertiary/aromatic N) is 1. The van der Waals surface area contributed by atoms with E-state index in [1.54, 1.807) is 0 Å². The lowest BCUT2D eigenvalue weighted by Gasteiger charge is -2.31. The minimum absolute atomic E-state index is 0.128. The van der Waals surface area contributed by atoms with Crippen molar-refractivity contribution in [2.45, 2.75) is 25.3 Å². The molecule has 1 saturated heterocycles. The molecule has 1 atom stereocenters. The van der Waals surface area contributed by atoms with Gasteiger partial charge in [0.2, 0.25) is 12.7 Å². The Labute approximate surface area is 147 Å². The van der Waals surface area contributed by atoms with Crippen molar-refractivity contribution in [3.8, 4) is 11.5 Å². The SMILES string of the molecule is O=C(C(Nc1ccc2c(c1)OCO2)c1ccccc1)N1CCCCC1. The molecule has 4 rings (SSSR count). The lowest BCUT2D eigenvalue weighted by Crippen LogP contribution is -2.41. The molecule has 5 nitrogen and oxygen atoms in total. The number of carbonyl (C=O) groups excluding carboxylic acids is 1. The van der Waals surface area contributed by atoms with Crippen molar-refractivity contribution in [3.63, 3.8) is 0 Å². The van der Waals surface area contributed by atoms with Crippen LogP contribution in [0.2, 0.25) is 0 Å². The maximum atomic E-state index is 13.1. The van der Waals surface area contributed by atoms with E-state index in [1.807, 2.05) is 53.4 Å². The number of rotatable bonds is 4. The van der Waals surface area contributed by atoms with Crippen LogP contribution in [0.5, 0.6) is 11.5 Å². The summed E-state index contributed by atoms with van der Waals surface area (Å²) < 4.78 is 10.8. The molecular formula is C20H22N2O3. The van der Waals surface area contributed by atoms with Gasteiger partial charge in [0, 0.05) is 24.8 Å². The molecule has 0 saturated carbocycles. The first-order valence-electron chi connectivity index (χ1n) is 8.81. The van der Waals surface area contributed by atoms with Crippen molar-refractivity contribution in [2.24, 2.45) is 0 Å². The van der Waals surface area contributed by atoms with Gasteiger partial charge in [-0.1, -0.05) is 30.3 Å². The van der Waals surface area contributed by atoms with Gasteiger partial charge in [0.15, 0.2) is 11.5 Å². The second-order valence-corrected chi connectivity index (χ2v) is 6.44. The highest BCUT2D eigenvalue weighted by Crippen LogP contribution is 2.35. The van der Waals surface area contributed by atoms with Crippen molar-refractivity contribution in [1.29, 1.82) is 0 Å². The largest absolute Gasteiger partial charge is 0.454 e. The molecule has 5 heteroatoms. The molecule has 2 aliphatic rings. The van der Waals surface area contributed by atoms with E-state index in [-0.39, 0.29) is 12.7 Å². The molecule has 1 fully saturated rings. The normalized spacial score (nSPS) is 17.2. The Hall–Kier alpha value is -2.69. The summed E-state index contributed by atoms with van der Waals surface area (Å²) in [5, 5.41) is 3.40. The minimum atomic E-state index is -0.403. The minimum Gasteiger partial charge on any atom is -0.454 e. The van der Waals surface area contributed by atoms with Gasteiger partial charge < -0.3 is 19.7 Å². The van der Waals surface area contributed by atoms with Crippen LogP contribution in [0.4, 0.5) is 5.69 Å². The average molecular weight is 338 g/mol. The standard InChI is InChI=1S/C20H22N2O3/c23-20(22-11-5-2-6-12-22)19(15-7-3-1-4-8-15)21-16-9-10-17-18(13-16)25-14-24-17/h1,3-4,7-10,13,19,21H,2,5-6,11-12,14H2. The van der Waals surface area contributed by atoms with Crippen LogP contribution in [0, 0.1) is 0 Å². The molecule has 0 bridgehead atoms. The van der Waals surface area contributed by atoms with Crippen molar-refractivity contribution in [2.75, 3.05) is 25.2 Å². The van der Waals surface area contributed by atoms with Crippen LogP contribution in [-0.2, 0) is 4.79 Å². The molecule has 0 spiro atoms. The number of benzene rings is 2. The molecule has 0 aliphatic carbocycles. The summed E-state index contributed by atoms with van der Waals surface area (Å²) in [5.74, 6) is 1.58. The van der Waals surface area contributed by atoms with E-state index < -0.39 is 6.04 Å². The topological polar surface area (TPSA) is 50.8 Å². The highest BCUT2D eigenvalue weighted by molar-refractivity contribution is 5.86. The van der Waals surface area contributed by atoms with E-state index in [0.29, 0.717) is 5.75 Å². The number of piperidine rings is 1. The molecule has 2 aromatic rings. The monoisotopic (exact) mass is 338 g/mol. The van der Waals surface area contributed by atoms with Crippen LogP contribution >= 0.6 is 0 Å². The van der Waals surface area contributed by atoms with Gasteiger partial charge in [-0.05, 0) is 37.0 Å². The molecular weight excluding hydrogens is 316 g/mol. The van der Waals surface area contributed by atoms with E-state index in [4.69, 9.17) is 9.47 Å². The maximum Gasteiger partial charge on any atom is 0.249 e. The van der Waals surface area contributed by atoms with E-state index in [0.717, 1.165) is 42.9 Å². The molecule has 1 unspecified atom stereocenters. The number of carbonyl (C=O) groups is 1. The average Bonchev–Trinajstić information content (AvgIpc) is 3.15. The Bertz CT molecular complexity index is 742. The Morgan fingerprint density at radius 1 is 0.960 bits per heavy atom. The Morgan fingerprint density at radius 3 is 2.52 bits per heavy atom. The first-order valence-corrected chi connectivity index (χ1v) is 8.81. The third-order valence-corrected chi connectivity index (χ3v) is 4.73. The Morgan fingerprint density at radius 2 is 1.72 bits per heavy atom. The van der Waals surface area contributed by atoms with Gasteiger partial charge >= 0.3 is 0 Å². The summed E-state index contributed by atoms with van der Waals surface area (Å²) in [6.07, 6.45) is 3.37. The van der Waals surface area contributed by atoms with E-state index in [9.17, 15) is 4.79 Å². The quantitative estimate of drug-likeness (QED) is 0.926. The van der Waals surface area contributed by atoms with E-state index in [2.05, 4.69) is 5.32 Å². The number of nitrogens with one attached hydrogen (secondary N) is 1. The lowest BCUT2D eigenvalue weighted by molar-refractivity contribution is -0.133. The van der Waals surface area contributed by atoms with E-state index >= 15 is 0 Å². The number of ether oxygens (including phenoxy) is 2. The summed E-state index contributed by atoms with van der Waals surface area (Å²) in [6, 6.07) is 15.2. The zero-order valence-corrected chi connectivity index (χ0v) is 14.1. The molecule has 2 aliphatic heterocycles. The second-order valence-electron chi connectivity index (χ2n) is 6.44. The third-order valence-electron chi connectivity index (χ3n) is 4.73. The number of amides is 1. The summed E-state index contributed by atoms with van der Waals surface area (Å²) >= 11 is 0. The van der Waals surface area contributed by atoms with Crippen molar-refractivity contribution < 1.29 is 14.3 Å². The molecule has 1 N–H and O–H groups in total. The van der Waals surface area contributed by atoms with Crippen molar-refractivity contribution in [3.05, 3.63) is 54.1 Å². The summed E-state index contributed by atoms with van der Waals surface area (Å²) in [4.78, 5) is 15.1. The van der Waals surface area contributed by atoms with Crippen molar-refractivity contribution in [1.82, 2.24) is 4.90 Å². The smallest absolute Gasteiger partial charge is 0.249 e. The van der Waals surface area contributed by atoms with Crippen LogP contribution in [-0.4, -0.2) is 30.7 Å². The number of hydrogen-bond donors (Lipinski definition) is 1. The number of likely N-dealkylation sites (tertiary alicyclic amines) is 1. The Kier molecular flexibility index (Phi) is 4.46. The van der Waals surface area contributed by atoms with Crippen molar-refractivity contribution >= 4 is 11.6 Å². The molecule has 0 aromatic heterocycles. The van der Waals surface area contributed by atoms with Gasteiger partial charge in [-0.2, -0.15) is 0 Å². The number of anilines is 1. The molecule has 2 aromatic carbocycles. The fourth-order valence-corrected chi connectivity index (χ4v) is 3.38. The zero-order valence-electron chi connectivity index (χ0n) is 14.1. The first kappa shape index (κ1) is 15.8. The highest BCUT2D eigenvalue weighted by atomic mass is 16.7. The van der Waals surface area contributed by atoms with Gasteiger partial charge in [-0.25, -0.2) is 0 Å². The fraction of sp³-hybridized carbons (Fsp3) is 0.350. The summed E-state index contributed by atoms with van der Waals surface area (Å²) in [7, 11) is 0. The van der Waals surface area contributed by atoms with E-state index in [1.165, 1.54) is 6.42 Å². The first-order chi connectivity index (χ1) is 12.3. The number of hydrogen-bond acceptors (Lipinski definition) is 4. The van der Waals surface area contributed by atoms with Gasteiger partial charge in [-0.3, -0.25) is 4.79 Å². The predicted octanol–water partition coefficient (Wildman–Crippen LogP) is 3.58. The zero-order chi connectivity index (χ0) is 17.1. The molecule has 0 radical (unpaired) electrons.